The van der Waals surface area contributed by atoms with Gasteiger partial charge in [0.15, 0.2) is 5.82 Å². The number of ether oxygens (including phenoxy) is 1. The lowest BCUT2D eigenvalue weighted by atomic mass is 10.1. The van der Waals surface area contributed by atoms with Gasteiger partial charge in [0.1, 0.15) is 5.75 Å². The molecular formula is C9H10N4O. The van der Waals surface area contributed by atoms with E-state index in [2.05, 4.69) is 20.6 Å². The van der Waals surface area contributed by atoms with Gasteiger partial charge in [0.05, 0.1) is 7.11 Å². The van der Waals surface area contributed by atoms with Crippen molar-refractivity contribution >= 4 is 0 Å². The van der Waals surface area contributed by atoms with Gasteiger partial charge >= 0.3 is 0 Å². The Morgan fingerprint density at radius 3 is 3.07 bits per heavy atom. The maximum absolute atomic E-state index is 5.11. The van der Waals surface area contributed by atoms with Crippen LogP contribution in [0.4, 0.5) is 0 Å². The smallest absolute Gasteiger partial charge is 0.178 e. The molecule has 0 aliphatic rings. The highest BCUT2D eigenvalue weighted by atomic mass is 16.5. The van der Waals surface area contributed by atoms with Gasteiger partial charge in [-0.25, -0.2) is 0 Å². The zero-order valence-corrected chi connectivity index (χ0v) is 7.77. The molecule has 1 heterocycles. The second kappa shape index (κ2) is 3.87. The van der Waals surface area contributed by atoms with E-state index >= 15 is 0 Å². The van der Waals surface area contributed by atoms with E-state index < -0.39 is 0 Å². The number of aromatic nitrogens is 4. The van der Waals surface area contributed by atoms with Crippen molar-refractivity contribution in [1.82, 2.24) is 20.6 Å². The number of benzene rings is 1. The van der Waals surface area contributed by atoms with Gasteiger partial charge in [-0.05, 0) is 17.7 Å². The summed E-state index contributed by atoms with van der Waals surface area (Å²) in [6, 6.07) is 7.79. The Morgan fingerprint density at radius 1 is 1.43 bits per heavy atom. The van der Waals surface area contributed by atoms with Crippen LogP contribution in [-0.2, 0) is 6.42 Å². The third-order valence-electron chi connectivity index (χ3n) is 1.89. The minimum Gasteiger partial charge on any atom is -0.497 e. The average molecular weight is 190 g/mol. The van der Waals surface area contributed by atoms with E-state index in [-0.39, 0.29) is 0 Å². The lowest BCUT2D eigenvalue weighted by molar-refractivity contribution is 0.414. The predicted molar refractivity (Wildman–Crippen MR) is 50.0 cm³/mol. The van der Waals surface area contributed by atoms with E-state index in [9.17, 15) is 0 Å². The number of nitrogens with zero attached hydrogens (tertiary/aromatic N) is 3. The molecule has 14 heavy (non-hydrogen) atoms. The van der Waals surface area contributed by atoms with Crippen LogP contribution < -0.4 is 4.74 Å². The highest BCUT2D eigenvalue weighted by molar-refractivity contribution is 5.29. The molecule has 0 unspecified atom stereocenters. The Kier molecular flexibility index (Phi) is 2.40. The Labute approximate surface area is 81.1 Å². The number of nitrogens with one attached hydrogen (secondary N) is 1. The lowest BCUT2D eigenvalue weighted by Gasteiger charge is -2.01. The quantitative estimate of drug-likeness (QED) is 0.777. The molecule has 0 aliphatic heterocycles. The summed E-state index contributed by atoms with van der Waals surface area (Å²) in [4.78, 5) is 0. The first-order valence-corrected chi connectivity index (χ1v) is 4.24. The van der Waals surface area contributed by atoms with Crippen LogP contribution in [0.25, 0.3) is 0 Å². The summed E-state index contributed by atoms with van der Waals surface area (Å²) in [6.07, 6.45) is 0.660. The van der Waals surface area contributed by atoms with Crippen LogP contribution in [0, 0.1) is 0 Å². The van der Waals surface area contributed by atoms with Crippen molar-refractivity contribution in [2.75, 3.05) is 7.11 Å². The fourth-order valence-corrected chi connectivity index (χ4v) is 1.22. The topological polar surface area (TPSA) is 63.7 Å². The number of hydrogen-bond donors (Lipinski definition) is 1. The molecule has 0 bridgehead atoms. The van der Waals surface area contributed by atoms with Crippen molar-refractivity contribution in [2.24, 2.45) is 0 Å². The molecule has 0 fully saturated rings. The largest absolute Gasteiger partial charge is 0.497 e. The molecule has 0 atom stereocenters. The van der Waals surface area contributed by atoms with Gasteiger partial charge in [-0.2, -0.15) is 5.21 Å². The standard InChI is InChI=1S/C9H10N4O/c1-14-8-4-2-3-7(5-8)6-9-10-12-13-11-9/h2-5H,6H2,1H3,(H,10,11,12,13). The van der Waals surface area contributed by atoms with Crippen molar-refractivity contribution in [1.29, 1.82) is 0 Å². The van der Waals surface area contributed by atoms with Gasteiger partial charge in [-0.3, -0.25) is 0 Å². The van der Waals surface area contributed by atoms with Crippen molar-refractivity contribution in [3.05, 3.63) is 35.7 Å². The van der Waals surface area contributed by atoms with Gasteiger partial charge in [0, 0.05) is 6.42 Å². The zero-order chi connectivity index (χ0) is 9.80. The second-order valence-electron chi connectivity index (χ2n) is 2.86. The SMILES string of the molecule is COc1cccc(Cc2nn[nH]n2)c1. The molecule has 0 radical (unpaired) electrons. The molecule has 72 valence electrons. The van der Waals surface area contributed by atoms with Gasteiger partial charge in [0.2, 0.25) is 0 Å². The monoisotopic (exact) mass is 190 g/mol. The zero-order valence-electron chi connectivity index (χ0n) is 7.77. The highest BCUT2D eigenvalue weighted by Gasteiger charge is 2.01. The van der Waals surface area contributed by atoms with Crippen molar-refractivity contribution < 1.29 is 4.74 Å². The fourth-order valence-electron chi connectivity index (χ4n) is 1.22. The van der Waals surface area contributed by atoms with E-state index in [1.165, 1.54) is 0 Å². The summed E-state index contributed by atoms with van der Waals surface area (Å²) < 4.78 is 5.11. The first-order valence-electron chi connectivity index (χ1n) is 4.24. The van der Waals surface area contributed by atoms with Crippen molar-refractivity contribution in [3.8, 4) is 5.75 Å². The van der Waals surface area contributed by atoms with Crippen LogP contribution in [0.15, 0.2) is 24.3 Å². The molecule has 5 heteroatoms. The summed E-state index contributed by atoms with van der Waals surface area (Å²) >= 11 is 0. The minimum absolute atomic E-state index is 0.660. The molecule has 1 aromatic heterocycles. The molecule has 5 nitrogen and oxygen atoms in total. The van der Waals surface area contributed by atoms with E-state index in [4.69, 9.17) is 4.74 Å². The van der Waals surface area contributed by atoms with Gasteiger partial charge < -0.3 is 4.74 Å². The number of aromatic amines is 1. The third-order valence-corrected chi connectivity index (χ3v) is 1.89. The number of rotatable bonds is 3. The Hall–Kier alpha value is -1.91. The molecule has 1 N–H and O–H groups in total. The first kappa shape index (κ1) is 8.68. The molecule has 2 aromatic rings. The Balaban J connectivity index is 2.17. The normalized spacial score (nSPS) is 10.1. The molecule has 0 aliphatic carbocycles. The Bertz CT molecular complexity index is 399. The first-order chi connectivity index (χ1) is 6.88. The van der Waals surface area contributed by atoms with Crippen LogP contribution in [-0.4, -0.2) is 27.7 Å². The fraction of sp³-hybridized carbons (Fsp3) is 0.222. The molecule has 0 amide bonds. The van der Waals surface area contributed by atoms with E-state index in [0.717, 1.165) is 11.3 Å². The second-order valence-corrected chi connectivity index (χ2v) is 2.86. The van der Waals surface area contributed by atoms with Gasteiger partial charge in [-0.1, -0.05) is 17.3 Å². The van der Waals surface area contributed by atoms with Crippen LogP contribution in [0.2, 0.25) is 0 Å². The van der Waals surface area contributed by atoms with Crippen molar-refractivity contribution in [2.45, 2.75) is 6.42 Å². The maximum Gasteiger partial charge on any atom is 0.178 e. The summed E-state index contributed by atoms with van der Waals surface area (Å²) in [7, 11) is 1.65. The molecule has 0 saturated heterocycles. The Morgan fingerprint density at radius 2 is 2.36 bits per heavy atom. The molecule has 1 aromatic carbocycles. The lowest BCUT2D eigenvalue weighted by Crippen LogP contribution is -1.92. The summed E-state index contributed by atoms with van der Waals surface area (Å²) in [5, 5.41) is 13.7. The molecule has 0 saturated carbocycles. The van der Waals surface area contributed by atoms with E-state index in [1.807, 2.05) is 24.3 Å². The number of methoxy groups -OCH3 is 1. The van der Waals surface area contributed by atoms with Gasteiger partial charge in [-0.15, -0.1) is 10.2 Å². The molecule has 2 rings (SSSR count). The van der Waals surface area contributed by atoms with E-state index in [1.54, 1.807) is 7.11 Å². The summed E-state index contributed by atoms with van der Waals surface area (Å²) in [6.45, 7) is 0. The van der Waals surface area contributed by atoms with Crippen LogP contribution in [0.3, 0.4) is 0 Å². The summed E-state index contributed by atoms with van der Waals surface area (Å²) in [5.41, 5.74) is 1.10. The third kappa shape index (κ3) is 1.87. The number of tetrazole rings is 1. The maximum atomic E-state index is 5.11. The molecular weight excluding hydrogens is 180 g/mol. The van der Waals surface area contributed by atoms with Crippen LogP contribution in [0.1, 0.15) is 11.4 Å². The van der Waals surface area contributed by atoms with Gasteiger partial charge in [0.25, 0.3) is 0 Å². The van der Waals surface area contributed by atoms with Crippen LogP contribution >= 0.6 is 0 Å². The predicted octanol–water partition coefficient (Wildman–Crippen LogP) is 0.799. The number of H-pyrrole nitrogens is 1. The summed E-state index contributed by atoms with van der Waals surface area (Å²) in [5.74, 6) is 1.52. The molecule has 0 spiro atoms. The van der Waals surface area contributed by atoms with Crippen LogP contribution in [0.5, 0.6) is 5.75 Å². The highest BCUT2D eigenvalue weighted by Crippen LogP contribution is 2.13. The van der Waals surface area contributed by atoms with Crippen molar-refractivity contribution in [3.63, 3.8) is 0 Å². The van der Waals surface area contributed by atoms with E-state index in [0.29, 0.717) is 12.2 Å². The minimum atomic E-state index is 0.660. The average Bonchev–Trinajstić information content (AvgIpc) is 2.71. The number of hydrogen-bond acceptors (Lipinski definition) is 4.